The van der Waals surface area contributed by atoms with Crippen LogP contribution in [0.5, 0.6) is 0 Å². The van der Waals surface area contributed by atoms with Crippen LogP contribution in [0.1, 0.15) is 44.7 Å². The Labute approximate surface area is 167 Å². The fraction of sp³-hybridized carbons (Fsp3) is 0.417. The van der Waals surface area contributed by atoms with Crippen LogP contribution in [0.15, 0.2) is 54.6 Å². The molecule has 2 amide bonds. The van der Waals surface area contributed by atoms with Gasteiger partial charge in [0.25, 0.3) is 0 Å². The molecule has 0 saturated carbocycles. The largest absolute Gasteiger partial charge is 0.342 e. The second-order valence-corrected chi connectivity index (χ2v) is 8.63. The Morgan fingerprint density at radius 3 is 2.14 bits per heavy atom. The average Bonchev–Trinajstić information content (AvgIpc) is 2.68. The van der Waals surface area contributed by atoms with Crippen molar-refractivity contribution in [3.05, 3.63) is 65.7 Å². The number of rotatable bonds is 4. The highest BCUT2D eigenvalue weighted by Gasteiger charge is 2.27. The second kappa shape index (κ2) is 8.59. The summed E-state index contributed by atoms with van der Waals surface area (Å²) in [5.41, 5.74) is 3.21. The molecule has 0 bridgehead atoms. The van der Waals surface area contributed by atoms with E-state index in [9.17, 15) is 9.59 Å². The number of anilines is 1. The molecule has 2 aromatic carbocycles. The van der Waals surface area contributed by atoms with E-state index in [1.165, 1.54) is 5.56 Å². The molecule has 4 nitrogen and oxygen atoms in total. The van der Waals surface area contributed by atoms with Crippen molar-refractivity contribution in [3.63, 3.8) is 0 Å². The van der Waals surface area contributed by atoms with E-state index in [1.807, 2.05) is 47.4 Å². The van der Waals surface area contributed by atoms with E-state index in [0.717, 1.165) is 11.3 Å². The minimum atomic E-state index is -0.0388. The van der Waals surface area contributed by atoms with Gasteiger partial charge >= 0.3 is 0 Å². The minimum Gasteiger partial charge on any atom is -0.342 e. The number of amides is 2. The Balaban J connectivity index is 1.49. The van der Waals surface area contributed by atoms with Gasteiger partial charge < -0.3 is 10.2 Å². The lowest BCUT2D eigenvalue weighted by atomic mass is 9.87. The first-order chi connectivity index (χ1) is 13.3. The van der Waals surface area contributed by atoms with Gasteiger partial charge in [-0.1, -0.05) is 63.2 Å². The van der Waals surface area contributed by atoms with Crippen molar-refractivity contribution in [3.8, 4) is 0 Å². The molecule has 0 aromatic heterocycles. The molecule has 0 atom stereocenters. The zero-order valence-electron chi connectivity index (χ0n) is 17.1. The maximum absolute atomic E-state index is 12.6. The minimum absolute atomic E-state index is 0.0388. The molecule has 3 rings (SSSR count). The van der Waals surface area contributed by atoms with Crippen LogP contribution in [0.2, 0.25) is 0 Å². The Morgan fingerprint density at radius 1 is 0.964 bits per heavy atom. The summed E-state index contributed by atoms with van der Waals surface area (Å²) in [6.45, 7) is 7.81. The van der Waals surface area contributed by atoms with Gasteiger partial charge in [0.2, 0.25) is 11.8 Å². The topological polar surface area (TPSA) is 49.4 Å². The molecule has 1 fully saturated rings. The van der Waals surface area contributed by atoms with Gasteiger partial charge in [-0.3, -0.25) is 9.59 Å². The molecule has 0 aliphatic carbocycles. The average molecular weight is 379 g/mol. The van der Waals surface area contributed by atoms with E-state index in [-0.39, 0.29) is 23.1 Å². The van der Waals surface area contributed by atoms with Gasteiger partial charge in [-0.2, -0.15) is 0 Å². The van der Waals surface area contributed by atoms with Crippen molar-refractivity contribution >= 4 is 17.5 Å². The molecule has 28 heavy (non-hydrogen) atoms. The third kappa shape index (κ3) is 5.22. The number of hydrogen-bond acceptors (Lipinski definition) is 2. The van der Waals surface area contributed by atoms with Crippen molar-refractivity contribution < 1.29 is 9.59 Å². The molecule has 1 N–H and O–H groups in total. The quantitative estimate of drug-likeness (QED) is 0.857. The Morgan fingerprint density at radius 2 is 1.57 bits per heavy atom. The highest BCUT2D eigenvalue weighted by molar-refractivity contribution is 5.92. The Hall–Kier alpha value is -2.62. The van der Waals surface area contributed by atoms with Crippen LogP contribution in [0.3, 0.4) is 0 Å². The van der Waals surface area contributed by atoms with Gasteiger partial charge in [0, 0.05) is 24.7 Å². The summed E-state index contributed by atoms with van der Waals surface area (Å²) in [4.78, 5) is 27.0. The van der Waals surface area contributed by atoms with Gasteiger partial charge in [-0.05, 0) is 41.5 Å². The summed E-state index contributed by atoms with van der Waals surface area (Å²) in [5, 5.41) is 3.03. The van der Waals surface area contributed by atoms with E-state index in [4.69, 9.17) is 0 Å². The number of piperidine rings is 1. The van der Waals surface area contributed by atoms with E-state index < -0.39 is 0 Å². The van der Waals surface area contributed by atoms with E-state index in [2.05, 4.69) is 38.2 Å². The highest BCUT2D eigenvalue weighted by Crippen LogP contribution is 2.25. The lowest BCUT2D eigenvalue weighted by molar-refractivity contribution is -0.133. The highest BCUT2D eigenvalue weighted by atomic mass is 16.2. The molecule has 148 valence electrons. The van der Waals surface area contributed by atoms with E-state index >= 15 is 0 Å². The number of carbonyl (C=O) groups is 2. The number of likely N-dealkylation sites (tertiary alicyclic amines) is 1. The first-order valence-electron chi connectivity index (χ1n) is 10.1. The summed E-state index contributed by atoms with van der Waals surface area (Å²) >= 11 is 0. The van der Waals surface area contributed by atoms with Gasteiger partial charge in [-0.15, -0.1) is 0 Å². The van der Waals surface area contributed by atoms with Crippen LogP contribution in [0.4, 0.5) is 5.69 Å². The first-order valence-corrected chi connectivity index (χ1v) is 10.1. The van der Waals surface area contributed by atoms with Crippen molar-refractivity contribution in [2.75, 3.05) is 18.4 Å². The molecule has 0 radical (unpaired) electrons. The number of nitrogens with zero attached hydrogens (tertiary/aromatic N) is 1. The number of hydrogen-bond donors (Lipinski definition) is 1. The molecule has 1 saturated heterocycles. The van der Waals surface area contributed by atoms with E-state index in [0.29, 0.717) is 32.4 Å². The fourth-order valence-corrected chi connectivity index (χ4v) is 3.57. The van der Waals surface area contributed by atoms with Crippen LogP contribution >= 0.6 is 0 Å². The monoisotopic (exact) mass is 378 g/mol. The Bertz CT molecular complexity index is 799. The molecular formula is C24H30N2O2. The molecule has 1 heterocycles. The smallest absolute Gasteiger partial charge is 0.227 e. The lowest BCUT2D eigenvalue weighted by Crippen LogP contribution is -2.42. The summed E-state index contributed by atoms with van der Waals surface area (Å²) in [7, 11) is 0. The standard InChI is InChI=1S/C24H30N2O2/c1-24(2,3)20-9-11-21(12-10-20)25-23(28)19-13-15-26(16-14-19)22(27)17-18-7-5-4-6-8-18/h4-12,19H,13-17H2,1-3H3,(H,25,28). The first kappa shape index (κ1) is 20.1. The van der Waals surface area contributed by atoms with Gasteiger partial charge in [0.05, 0.1) is 6.42 Å². The van der Waals surface area contributed by atoms with Crippen LogP contribution in [-0.2, 0) is 21.4 Å². The van der Waals surface area contributed by atoms with Crippen LogP contribution in [-0.4, -0.2) is 29.8 Å². The summed E-state index contributed by atoms with van der Waals surface area (Å²) < 4.78 is 0. The van der Waals surface area contributed by atoms with Crippen LogP contribution in [0, 0.1) is 5.92 Å². The normalized spacial score (nSPS) is 15.3. The molecule has 2 aromatic rings. The molecule has 1 aliphatic rings. The maximum Gasteiger partial charge on any atom is 0.227 e. The molecule has 0 spiro atoms. The van der Waals surface area contributed by atoms with Crippen LogP contribution in [0.25, 0.3) is 0 Å². The zero-order chi connectivity index (χ0) is 20.1. The third-order valence-corrected chi connectivity index (χ3v) is 5.44. The third-order valence-electron chi connectivity index (χ3n) is 5.44. The number of nitrogens with one attached hydrogen (secondary N) is 1. The summed E-state index contributed by atoms with van der Waals surface area (Å²) in [6.07, 6.45) is 1.86. The van der Waals surface area contributed by atoms with Crippen molar-refractivity contribution in [2.24, 2.45) is 5.92 Å². The van der Waals surface area contributed by atoms with Gasteiger partial charge in [0.15, 0.2) is 0 Å². The van der Waals surface area contributed by atoms with Gasteiger partial charge in [-0.25, -0.2) is 0 Å². The van der Waals surface area contributed by atoms with Crippen molar-refractivity contribution in [1.82, 2.24) is 4.90 Å². The van der Waals surface area contributed by atoms with Gasteiger partial charge in [0.1, 0.15) is 0 Å². The fourth-order valence-electron chi connectivity index (χ4n) is 3.57. The number of benzene rings is 2. The second-order valence-electron chi connectivity index (χ2n) is 8.63. The molecular weight excluding hydrogens is 348 g/mol. The maximum atomic E-state index is 12.6. The Kier molecular flexibility index (Phi) is 6.18. The SMILES string of the molecule is CC(C)(C)c1ccc(NC(=O)C2CCN(C(=O)Cc3ccccc3)CC2)cc1. The predicted octanol–water partition coefficient (Wildman–Crippen LogP) is 4.40. The molecule has 1 aliphatic heterocycles. The lowest BCUT2D eigenvalue weighted by Gasteiger charge is -2.31. The molecule has 4 heteroatoms. The van der Waals surface area contributed by atoms with E-state index in [1.54, 1.807) is 0 Å². The number of carbonyl (C=O) groups excluding carboxylic acids is 2. The van der Waals surface area contributed by atoms with Crippen molar-refractivity contribution in [2.45, 2.75) is 45.4 Å². The predicted molar refractivity (Wildman–Crippen MR) is 113 cm³/mol. The zero-order valence-corrected chi connectivity index (χ0v) is 17.1. The molecule has 0 unspecified atom stereocenters. The summed E-state index contributed by atoms with van der Waals surface area (Å²) in [6, 6.07) is 17.9. The van der Waals surface area contributed by atoms with Crippen molar-refractivity contribution in [1.29, 1.82) is 0 Å². The summed E-state index contributed by atoms with van der Waals surface area (Å²) in [5.74, 6) is 0.157. The van der Waals surface area contributed by atoms with Crippen LogP contribution < -0.4 is 5.32 Å².